The Morgan fingerprint density at radius 3 is 2.55 bits per heavy atom. The van der Waals surface area contributed by atoms with E-state index < -0.39 is 5.91 Å². The van der Waals surface area contributed by atoms with Crippen molar-refractivity contribution >= 4 is 45.7 Å². The highest BCUT2D eigenvalue weighted by Crippen LogP contribution is 2.31. The van der Waals surface area contributed by atoms with Gasteiger partial charge in [0.25, 0.3) is 5.91 Å². The first-order valence-corrected chi connectivity index (χ1v) is 14.1. The second-order valence-corrected chi connectivity index (χ2v) is 11.2. The fourth-order valence-electron chi connectivity index (χ4n) is 5.16. The second-order valence-electron chi connectivity index (χ2n) is 10.2. The average molecular weight is 531 g/mol. The van der Waals surface area contributed by atoms with Crippen LogP contribution in [0.4, 0.5) is 0 Å². The number of likely N-dealkylation sites (tertiary alicyclic amines) is 1. The zero-order valence-electron chi connectivity index (χ0n) is 22.5. The third-order valence-corrected chi connectivity index (χ3v) is 8.52. The van der Waals surface area contributed by atoms with Gasteiger partial charge in [-0.2, -0.15) is 15.1 Å². The molecule has 0 radical (unpaired) electrons. The molecule has 3 aliphatic heterocycles. The standard InChI is InChI=1S/C29H34N6O2S/c1-5-18(2)21-9-11-23(12-10-21)34-19(3)15-22(20(34)4)16-24-27(30)35-29(31-28(24)37)38-25(32-35)17-26(36)33-13-7-6-8-14-33/h9-12,15-16,18,30H,5-8,13-14,17H2,1-4H3/b24-16-,30-27?. The lowest BCUT2D eigenvalue weighted by molar-refractivity contribution is -0.130. The highest BCUT2D eigenvalue weighted by atomic mass is 32.2. The summed E-state index contributed by atoms with van der Waals surface area (Å²) in [6.45, 7) is 10.0. The summed E-state index contributed by atoms with van der Waals surface area (Å²) >= 11 is 1.20. The van der Waals surface area contributed by atoms with E-state index in [9.17, 15) is 9.59 Å². The van der Waals surface area contributed by atoms with E-state index >= 15 is 0 Å². The van der Waals surface area contributed by atoms with Gasteiger partial charge in [0, 0.05) is 30.2 Å². The largest absolute Gasteiger partial charge is 0.342 e. The van der Waals surface area contributed by atoms with E-state index in [4.69, 9.17) is 5.41 Å². The van der Waals surface area contributed by atoms with E-state index in [1.807, 2.05) is 24.8 Å². The highest BCUT2D eigenvalue weighted by molar-refractivity contribution is 8.27. The van der Waals surface area contributed by atoms with Gasteiger partial charge in [-0.1, -0.05) is 26.0 Å². The van der Waals surface area contributed by atoms with E-state index in [0.29, 0.717) is 16.1 Å². The molecule has 3 aliphatic rings. The minimum atomic E-state index is -0.463. The summed E-state index contributed by atoms with van der Waals surface area (Å²) in [6.07, 6.45) is 6.21. The number of aliphatic imine (C=N–C) groups is 1. The summed E-state index contributed by atoms with van der Waals surface area (Å²) in [7, 11) is 0. The molecule has 1 N–H and O–H groups in total. The van der Waals surface area contributed by atoms with Crippen molar-refractivity contribution in [2.45, 2.75) is 65.7 Å². The first kappa shape index (κ1) is 26.2. The summed E-state index contributed by atoms with van der Waals surface area (Å²) < 4.78 is 2.16. The minimum absolute atomic E-state index is 0.0179. The number of carbonyl (C=O) groups excluding carboxylic acids is 2. The summed E-state index contributed by atoms with van der Waals surface area (Å²) in [5.41, 5.74) is 5.44. The maximum absolute atomic E-state index is 13.0. The van der Waals surface area contributed by atoms with Gasteiger partial charge in [0.1, 0.15) is 5.04 Å². The summed E-state index contributed by atoms with van der Waals surface area (Å²) in [5, 5.41) is 15.5. The van der Waals surface area contributed by atoms with Crippen LogP contribution in [0.3, 0.4) is 0 Å². The van der Waals surface area contributed by atoms with Crippen LogP contribution in [0.2, 0.25) is 0 Å². The molecule has 0 bridgehead atoms. The Kier molecular flexibility index (Phi) is 7.38. The van der Waals surface area contributed by atoms with Gasteiger partial charge in [-0.15, -0.1) is 0 Å². The normalized spacial score (nSPS) is 19.5. The van der Waals surface area contributed by atoms with Crippen LogP contribution >= 0.6 is 11.8 Å². The lowest BCUT2D eigenvalue weighted by Gasteiger charge is -2.26. The Morgan fingerprint density at radius 1 is 1.16 bits per heavy atom. The molecule has 4 heterocycles. The fourth-order valence-corrected chi connectivity index (χ4v) is 6.04. The van der Waals surface area contributed by atoms with Crippen molar-refractivity contribution < 1.29 is 9.59 Å². The van der Waals surface area contributed by atoms with Crippen LogP contribution in [0.5, 0.6) is 0 Å². The lowest BCUT2D eigenvalue weighted by atomic mass is 9.98. The maximum Gasteiger partial charge on any atom is 0.283 e. The highest BCUT2D eigenvalue weighted by Gasteiger charge is 2.36. The molecular weight excluding hydrogens is 496 g/mol. The lowest BCUT2D eigenvalue weighted by Crippen LogP contribution is -2.36. The molecule has 2 amide bonds. The van der Waals surface area contributed by atoms with Gasteiger partial charge < -0.3 is 9.47 Å². The van der Waals surface area contributed by atoms with Crippen LogP contribution in [0.15, 0.2) is 46.0 Å². The third-order valence-electron chi connectivity index (χ3n) is 7.61. The quantitative estimate of drug-likeness (QED) is 0.490. The number of benzene rings is 1. The number of nitrogens with one attached hydrogen (secondary N) is 1. The van der Waals surface area contributed by atoms with Crippen molar-refractivity contribution in [1.29, 1.82) is 5.41 Å². The number of fused-ring (bicyclic) bond motifs is 1. The van der Waals surface area contributed by atoms with Crippen LogP contribution in [0, 0.1) is 19.3 Å². The second kappa shape index (κ2) is 10.7. The number of rotatable bonds is 6. The smallest absolute Gasteiger partial charge is 0.283 e. The van der Waals surface area contributed by atoms with Crippen LogP contribution in [0.25, 0.3) is 11.8 Å². The molecule has 1 atom stereocenters. The summed E-state index contributed by atoms with van der Waals surface area (Å²) in [5.74, 6) is 0.0697. The van der Waals surface area contributed by atoms with Crippen LogP contribution in [0.1, 0.15) is 74.4 Å². The van der Waals surface area contributed by atoms with E-state index in [1.165, 1.54) is 22.3 Å². The predicted octanol–water partition coefficient (Wildman–Crippen LogP) is 5.63. The van der Waals surface area contributed by atoms with Crippen molar-refractivity contribution in [3.05, 3.63) is 58.4 Å². The number of amidine groups is 2. The van der Waals surface area contributed by atoms with Crippen molar-refractivity contribution in [2.24, 2.45) is 10.1 Å². The van der Waals surface area contributed by atoms with E-state index in [-0.39, 0.29) is 23.7 Å². The molecule has 5 rings (SSSR count). The topological polar surface area (TPSA) is 94.1 Å². The summed E-state index contributed by atoms with van der Waals surface area (Å²) in [6, 6.07) is 10.6. The molecule has 9 heteroatoms. The predicted molar refractivity (Wildman–Crippen MR) is 154 cm³/mol. The molecule has 1 fully saturated rings. The SMILES string of the molecule is CCC(C)c1ccc(-n2c(C)cc(/C=C3/C(=N)N4N=C(CC(=O)N5CCCCC5)SC4=NC3=O)c2C)cc1. The van der Waals surface area contributed by atoms with Gasteiger partial charge in [-0.25, -0.2) is 0 Å². The first-order chi connectivity index (χ1) is 18.3. The number of nitrogens with zero attached hydrogens (tertiary/aromatic N) is 5. The van der Waals surface area contributed by atoms with Gasteiger partial charge >= 0.3 is 0 Å². The number of hydrogen-bond donors (Lipinski definition) is 1. The number of thioether (sulfide) groups is 1. The van der Waals surface area contributed by atoms with Crippen LogP contribution in [-0.4, -0.2) is 55.4 Å². The number of carbonyl (C=O) groups is 2. The molecule has 198 valence electrons. The van der Waals surface area contributed by atoms with Gasteiger partial charge in [0.2, 0.25) is 11.1 Å². The number of hydrogen-bond acceptors (Lipinski definition) is 5. The molecule has 0 aliphatic carbocycles. The third kappa shape index (κ3) is 4.99. The zero-order chi connectivity index (χ0) is 27.0. The maximum atomic E-state index is 13.0. The van der Waals surface area contributed by atoms with Crippen LogP contribution in [-0.2, 0) is 9.59 Å². The molecular formula is C29H34N6O2S. The average Bonchev–Trinajstić information content (AvgIpc) is 3.45. The number of hydrazone groups is 1. The molecule has 2 aromatic rings. The van der Waals surface area contributed by atoms with Crippen molar-refractivity contribution in [1.82, 2.24) is 14.5 Å². The van der Waals surface area contributed by atoms with E-state index in [2.05, 4.69) is 52.8 Å². The number of aryl methyl sites for hydroxylation is 1. The van der Waals surface area contributed by atoms with Crippen molar-refractivity contribution in [3.63, 3.8) is 0 Å². The molecule has 1 unspecified atom stereocenters. The summed E-state index contributed by atoms with van der Waals surface area (Å²) in [4.78, 5) is 31.7. The van der Waals surface area contributed by atoms with Crippen molar-refractivity contribution in [3.8, 4) is 5.69 Å². The molecule has 8 nitrogen and oxygen atoms in total. The number of aromatic nitrogens is 1. The Morgan fingerprint density at radius 2 is 1.87 bits per heavy atom. The van der Waals surface area contributed by atoms with Crippen molar-refractivity contribution in [2.75, 3.05) is 13.1 Å². The zero-order valence-corrected chi connectivity index (χ0v) is 23.3. The molecule has 1 aromatic carbocycles. The molecule has 0 saturated carbocycles. The number of piperidine rings is 1. The minimum Gasteiger partial charge on any atom is -0.342 e. The van der Waals surface area contributed by atoms with Gasteiger partial charge in [-0.05, 0) is 92.6 Å². The molecule has 1 aromatic heterocycles. The molecule has 0 spiro atoms. The Labute approximate surface area is 228 Å². The first-order valence-electron chi connectivity index (χ1n) is 13.3. The van der Waals surface area contributed by atoms with Gasteiger partial charge in [0.05, 0.1) is 12.0 Å². The fraction of sp³-hybridized carbons (Fsp3) is 0.414. The molecule has 38 heavy (non-hydrogen) atoms. The Hall–Kier alpha value is -3.46. The number of amides is 2. The van der Waals surface area contributed by atoms with E-state index in [0.717, 1.165) is 61.4 Å². The molecule has 1 saturated heterocycles. The monoisotopic (exact) mass is 530 g/mol. The Balaban J connectivity index is 1.37. The van der Waals surface area contributed by atoms with Crippen LogP contribution < -0.4 is 0 Å². The van der Waals surface area contributed by atoms with Gasteiger partial charge in [-0.3, -0.25) is 15.0 Å². The Bertz CT molecular complexity index is 1380. The van der Waals surface area contributed by atoms with E-state index in [1.54, 1.807) is 6.08 Å². The van der Waals surface area contributed by atoms with Gasteiger partial charge in [0.15, 0.2) is 5.84 Å².